The molecule has 0 unspecified atom stereocenters. The third kappa shape index (κ3) is 5.95. The van der Waals surface area contributed by atoms with Crippen LogP contribution in [-0.4, -0.2) is 52.9 Å². The van der Waals surface area contributed by atoms with Gasteiger partial charge in [-0.25, -0.2) is 4.68 Å². The SMILES string of the molecule is CCN(C(=O)CCSCCc1ccc(OC)c(OC)c1)c1cn(-c2cccnc2)nc1Cl. The monoisotopic (exact) mass is 474 g/mol. The topological polar surface area (TPSA) is 69.5 Å². The fourth-order valence-electron chi connectivity index (χ4n) is 3.25. The molecule has 170 valence electrons. The quantitative estimate of drug-likeness (QED) is 0.376. The number of halogens is 1. The van der Waals surface area contributed by atoms with E-state index in [9.17, 15) is 4.79 Å². The first-order valence-corrected chi connectivity index (χ1v) is 11.8. The van der Waals surface area contributed by atoms with Crippen LogP contribution >= 0.6 is 23.4 Å². The molecule has 9 heteroatoms. The molecule has 32 heavy (non-hydrogen) atoms. The number of anilines is 1. The summed E-state index contributed by atoms with van der Waals surface area (Å²) in [5.74, 6) is 3.12. The first-order valence-electron chi connectivity index (χ1n) is 10.3. The van der Waals surface area contributed by atoms with Crippen LogP contribution in [0.3, 0.4) is 0 Å². The molecular formula is C23H27ClN4O3S. The highest BCUT2D eigenvalue weighted by Gasteiger charge is 2.20. The molecule has 3 aromatic rings. The number of methoxy groups -OCH3 is 2. The Morgan fingerprint density at radius 1 is 1.19 bits per heavy atom. The largest absolute Gasteiger partial charge is 0.493 e. The number of benzene rings is 1. The summed E-state index contributed by atoms with van der Waals surface area (Å²) in [7, 11) is 3.26. The maximum atomic E-state index is 12.8. The van der Waals surface area contributed by atoms with Crippen molar-refractivity contribution in [1.82, 2.24) is 14.8 Å². The van der Waals surface area contributed by atoms with Crippen LogP contribution in [0, 0.1) is 0 Å². The van der Waals surface area contributed by atoms with E-state index in [1.807, 2.05) is 37.3 Å². The van der Waals surface area contributed by atoms with Gasteiger partial charge in [0.15, 0.2) is 16.7 Å². The lowest BCUT2D eigenvalue weighted by Crippen LogP contribution is -2.30. The van der Waals surface area contributed by atoms with Crippen molar-refractivity contribution in [3.8, 4) is 17.2 Å². The smallest absolute Gasteiger partial charge is 0.227 e. The predicted molar refractivity (Wildman–Crippen MR) is 130 cm³/mol. The maximum absolute atomic E-state index is 12.8. The second kappa shape index (κ2) is 11.8. The molecule has 0 atom stereocenters. The van der Waals surface area contributed by atoms with Gasteiger partial charge in [0.25, 0.3) is 0 Å². The summed E-state index contributed by atoms with van der Waals surface area (Å²) in [5.41, 5.74) is 2.57. The molecular weight excluding hydrogens is 448 g/mol. The summed E-state index contributed by atoms with van der Waals surface area (Å²) < 4.78 is 12.3. The van der Waals surface area contributed by atoms with Gasteiger partial charge < -0.3 is 14.4 Å². The fraction of sp³-hybridized carbons (Fsp3) is 0.348. The number of pyridine rings is 1. The Balaban J connectivity index is 1.51. The molecule has 0 aliphatic rings. The molecule has 2 heterocycles. The summed E-state index contributed by atoms with van der Waals surface area (Å²) in [6, 6.07) is 9.65. The number of carbonyl (C=O) groups excluding carboxylic acids is 1. The van der Waals surface area contributed by atoms with Gasteiger partial charge in [0.05, 0.1) is 32.3 Å². The number of carbonyl (C=O) groups is 1. The van der Waals surface area contributed by atoms with Gasteiger partial charge in [-0.2, -0.15) is 16.9 Å². The number of amides is 1. The van der Waals surface area contributed by atoms with E-state index in [0.29, 0.717) is 23.8 Å². The third-order valence-corrected chi connectivity index (χ3v) is 6.17. The Hall–Kier alpha value is -2.71. The highest BCUT2D eigenvalue weighted by atomic mass is 35.5. The van der Waals surface area contributed by atoms with Crippen molar-refractivity contribution in [2.45, 2.75) is 19.8 Å². The Kier molecular flexibility index (Phi) is 8.81. The molecule has 0 radical (unpaired) electrons. The van der Waals surface area contributed by atoms with Gasteiger partial charge in [-0.1, -0.05) is 17.7 Å². The van der Waals surface area contributed by atoms with Crippen LogP contribution in [0.4, 0.5) is 5.69 Å². The first kappa shape index (κ1) is 23.9. The second-order valence-corrected chi connectivity index (χ2v) is 8.48. The molecule has 1 aromatic carbocycles. The normalized spacial score (nSPS) is 10.8. The zero-order chi connectivity index (χ0) is 22.9. The summed E-state index contributed by atoms with van der Waals surface area (Å²) in [5, 5.41) is 4.62. The molecule has 0 bridgehead atoms. The minimum absolute atomic E-state index is 0.0266. The van der Waals surface area contributed by atoms with E-state index in [0.717, 1.165) is 35.1 Å². The van der Waals surface area contributed by atoms with Crippen LogP contribution in [0.25, 0.3) is 5.69 Å². The van der Waals surface area contributed by atoms with E-state index in [1.165, 1.54) is 5.56 Å². The number of ether oxygens (including phenoxy) is 2. The van der Waals surface area contributed by atoms with Crippen LogP contribution < -0.4 is 14.4 Å². The van der Waals surface area contributed by atoms with E-state index in [4.69, 9.17) is 21.1 Å². The molecule has 0 saturated carbocycles. The first-order chi connectivity index (χ1) is 15.6. The molecule has 0 aliphatic carbocycles. The minimum Gasteiger partial charge on any atom is -0.493 e. The highest BCUT2D eigenvalue weighted by Crippen LogP contribution is 2.29. The molecule has 0 N–H and O–H groups in total. The molecule has 0 spiro atoms. The Morgan fingerprint density at radius 3 is 2.69 bits per heavy atom. The van der Waals surface area contributed by atoms with Crippen LogP contribution in [0.5, 0.6) is 11.5 Å². The molecule has 0 aliphatic heterocycles. The van der Waals surface area contributed by atoms with Crippen molar-refractivity contribution in [3.63, 3.8) is 0 Å². The number of aryl methyl sites for hydroxylation is 1. The Labute approximate surface area is 197 Å². The molecule has 3 rings (SSSR count). The van der Waals surface area contributed by atoms with Gasteiger partial charge >= 0.3 is 0 Å². The second-order valence-electron chi connectivity index (χ2n) is 6.90. The Bertz CT molecular complexity index is 1030. The fourth-order valence-corrected chi connectivity index (χ4v) is 4.39. The summed E-state index contributed by atoms with van der Waals surface area (Å²) >= 11 is 8.09. The number of hydrogen-bond acceptors (Lipinski definition) is 6. The molecule has 2 aromatic heterocycles. The van der Waals surface area contributed by atoms with Gasteiger partial charge in [-0.15, -0.1) is 0 Å². The summed E-state index contributed by atoms with van der Waals surface area (Å²) in [4.78, 5) is 18.6. The van der Waals surface area contributed by atoms with Crippen LogP contribution in [0.1, 0.15) is 18.9 Å². The van der Waals surface area contributed by atoms with Gasteiger partial charge in [-0.05, 0) is 48.9 Å². The van der Waals surface area contributed by atoms with Crippen molar-refractivity contribution in [2.24, 2.45) is 0 Å². The van der Waals surface area contributed by atoms with E-state index < -0.39 is 0 Å². The molecule has 7 nitrogen and oxygen atoms in total. The highest BCUT2D eigenvalue weighted by molar-refractivity contribution is 7.99. The van der Waals surface area contributed by atoms with Crippen molar-refractivity contribution in [1.29, 1.82) is 0 Å². The lowest BCUT2D eigenvalue weighted by Gasteiger charge is -2.19. The van der Waals surface area contributed by atoms with Gasteiger partial charge in [0.1, 0.15) is 5.69 Å². The lowest BCUT2D eigenvalue weighted by molar-refractivity contribution is -0.118. The number of aromatic nitrogens is 3. The van der Waals surface area contributed by atoms with E-state index in [1.54, 1.807) is 54.2 Å². The summed E-state index contributed by atoms with van der Waals surface area (Å²) in [6.45, 7) is 2.45. The van der Waals surface area contributed by atoms with Crippen LogP contribution in [-0.2, 0) is 11.2 Å². The lowest BCUT2D eigenvalue weighted by atomic mass is 10.1. The average molecular weight is 475 g/mol. The average Bonchev–Trinajstić information content (AvgIpc) is 3.21. The number of rotatable bonds is 11. The van der Waals surface area contributed by atoms with Crippen molar-refractivity contribution >= 4 is 35.0 Å². The maximum Gasteiger partial charge on any atom is 0.227 e. The number of hydrogen-bond donors (Lipinski definition) is 0. The van der Waals surface area contributed by atoms with E-state index in [-0.39, 0.29) is 5.91 Å². The zero-order valence-corrected chi connectivity index (χ0v) is 20.0. The number of nitrogens with zero attached hydrogens (tertiary/aromatic N) is 4. The molecule has 1 amide bonds. The number of thioether (sulfide) groups is 1. The standard InChI is InChI=1S/C23H27ClN4O3S/c1-4-27(19-16-28(26-23(19)24)18-6-5-11-25-15-18)22(29)10-13-32-12-9-17-7-8-20(30-2)21(14-17)31-3/h5-8,11,14-16H,4,9-10,12-13H2,1-3H3. The molecule has 0 saturated heterocycles. The van der Waals surface area contributed by atoms with Crippen LogP contribution in [0.15, 0.2) is 48.9 Å². The predicted octanol–water partition coefficient (Wildman–Crippen LogP) is 4.66. The Morgan fingerprint density at radius 2 is 2.00 bits per heavy atom. The third-order valence-electron chi connectivity index (χ3n) is 4.91. The van der Waals surface area contributed by atoms with E-state index in [2.05, 4.69) is 10.1 Å². The minimum atomic E-state index is 0.0266. The van der Waals surface area contributed by atoms with Crippen LogP contribution in [0.2, 0.25) is 5.15 Å². The van der Waals surface area contributed by atoms with Gasteiger partial charge in [0.2, 0.25) is 5.91 Å². The van der Waals surface area contributed by atoms with Crippen molar-refractivity contribution < 1.29 is 14.3 Å². The van der Waals surface area contributed by atoms with Gasteiger partial charge in [0, 0.05) is 24.9 Å². The van der Waals surface area contributed by atoms with E-state index >= 15 is 0 Å². The van der Waals surface area contributed by atoms with Gasteiger partial charge in [-0.3, -0.25) is 9.78 Å². The molecule has 0 fully saturated rings. The summed E-state index contributed by atoms with van der Waals surface area (Å²) in [6.07, 6.45) is 6.48. The van der Waals surface area contributed by atoms with Crippen molar-refractivity contribution in [2.75, 3.05) is 37.2 Å². The van der Waals surface area contributed by atoms with Crippen molar-refractivity contribution in [3.05, 3.63) is 59.6 Å². The zero-order valence-electron chi connectivity index (χ0n) is 18.5.